The Morgan fingerprint density at radius 1 is 0.529 bits per heavy atom. The highest BCUT2D eigenvalue weighted by Crippen LogP contribution is 2.10. The van der Waals surface area contributed by atoms with E-state index in [4.69, 9.17) is 29.5 Å². The van der Waals surface area contributed by atoms with E-state index in [1.165, 1.54) is 0 Å². The molecule has 0 amide bonds. The summed E-state index contributed by atoms with van der Waals surface area (Å²) in [6.45, 7) is -0.0172. The third kappa shape index (κ3) is 19.5. The molecule has 0 aromatic carbocycles. The maximum Gasteiger partial charge on any atom is 0.348 e. The minimum atomic E-state index is -1.52. The van der Waals surface area contributed by atoms with Gasteiger partial charge in [0.15, 0.2) is 0 Å². The number of carboxylic acid groups (broad SMARTS) is 3. The van der Waals surface area contributed by atoms with Gasteiger partial charge in [0.1, 0.15) is 0 Å². The molecule has 12 nitrogen and oxygen atoms in total. The zero-order valence-electron chi connectivity index (χ0n) is 19.2. The summed E-state index contributed by atoms with van der Waals surface area (Å²) < 4.78 is 15.1. The smallest absolute Gasteiger partial charge is 0.348 e. The quantitative estimate of drug-likeness (QED) is 0.121. The fraction of sp³-hybridized carbons (Fsp3) is 0.727. The van der Waals surface area contributed by atoms with Gasteiger partial charge in [-0.05, 0) is 51.4 Å². The number of carbonyl (C=O) groups is 6. The highest BCUT2D eigenvalue weighted by Gasteiger charge is 2.28. The Morgan fingerprint density at radius 3 is 1.47 bits per heavy atom. The van der Waals surface area contributed by atoms with Gasteiger partial charge < -0.3 is 29.5 Å². The molecule has 194 valence electrons. The van der Waals surface area contributed by atoms with Crippen LogP contribution in [0.3, 0.4) is 0 Å². The molecule has 0 rings (SSSR count). The van der Waals surface area contributed by atoms with Crippen LogP contribution in [-0.4, -0.2) is 70.5 Å². The summed E-state index contributed by atoms with van der Waals surface area (Å²) in [7, 11) is 0. The van der Waals surface area contributed by atoms with Crippen molar-refractivity contribution in [2.75, 3.05) is 13.2 Å². The van der Waals surface area contributed by atoms with Gasteiger partial charge in [0.05, 0.1) is 19.6 Å². The van der Waals surface area contributed by atoms with Gasteiger partial charge in [0.2, 0.25) is 6.10 Å². The first-order valence-electron chi connectivity index (χ1n) is 11.3. The Balaban J connectivity index is 4.54. The van der Waals surface area contributed by atoms with Crippen LogP contribution >= 0.6 is 0 Å². The first kappa shape index (κ1) is 30.8. The van der Waals surface area contributed by atoms with Crippen LogP contribution in [0.15, 0.2) is 0 Å². The van der Waals surface area contributed by atoms with Crippen molar-refractivity contribution in [3.05, 3.63) is 0 Å². The number of carboxylic acids is 3. The second kappa shape index (κ2) is 19.3. The summed E-state index contributed by atoms with van der Waals surface area (Å²) in [6.07, 6.45) is 0.909. The predicted molar refractivity (Wildman–Crippen MR) is 115 cm³/mol. The van der Waals surface area contributed by atoms with Crippen molar-refractivity contribution in [1.29, 1.82) is 0 Å². The summed E-state index contributed by atoms with van der Waals surface area (Å²) in [5, 5.41) is 25.8. The van der Waals surface area contributed by atoms with Crippen molar-refractivity contribution in [3.8, 4) is 0 Å². The maximum atomic E-state index is 12.3. The molecular weight excluding hydrogens is 456 g/mol. The third-order valence-corrected chi connectivity index (χ3v) is 4.49. The van der Waals surface area contributed by atoms with Gasteiger partial charge in [-0.25, -0.2) is 4.79 Å². The number of hydrogen-bond donors (Lipinski definition) is 3. The monoisotopic (exact) mass is 490 g/mol. The summed E-state index contributed by atoms with van der Waals surface area (Å²) in [4.78, 5) is 67.9. The highest BCUT2D eigenvalue weighted by molar-refractivity contribution is 5.84. The Morgan fingerprint density at radius 2 is 0.971 bits per heavy atom. The average Bonchev–Trinajstić information content (AvgIpc) is 2.75. The molecule has 0 heterocycles. The van der Waals surface area contributed by atoms with Crippen LogP contribution in [0.5, 0.6) is 0 Å². The molecule has 1 unspecified atom stereocenters. The van der Waals surface area contributed by atoms with E-state index in [0.29, 0.717) is 38.5 Å². The first-order chi connectivity index (χ1) is 16.1. The van der Waals surface area contributed by atoms with E-state index in [-0.39, 0.29) is 51.7 Å². The summed E-state index contributed by atoms with van der Waals surface area (Å²) in [5.74, 6) is -5.34. The van der Waals surface area contributed by atoms with E-state index in [0.717, 1.165) is 0 Å². The van der Waals surface area contributed by atoms with Crippen LogP contribution < -0.4 is 0 Å². The molecule has 0 aromatic rings. The number of hydrogen-bond acceptors (Lipinski definition) is 9. The van der Waals surface area contributed by atoms with E-state index in [9.17, 15) is 28.8 Å². The van der Waals surface area contributed by atoms with E-state index in [1.54, 1.807) is 0 Å². The zero-order chi connectivity index (χ0) is 25.8. The zero-order valence-corrected chi connectivity index (χ0v) is 19.2. The molecule has 0 bridgehead atoms. The molecule has 0 aromatic heterocycles. The summed E-state index contributed by atoms with van der Waals surface area (Å²) in [6, 6.07) is 0. The molecule has 0 saturated heterocycles. The molecule has 0 saturated carbocycles. The maximum absolute atomic E-state index is 12.3. The topological polar surface area (TPSA) is 191 Å². The molecule has 0 aliphatic rings. The second-order valence-corrected chi connectivity index (χ2v) is 7.58. The lowest BCUT2D eigenvalue weighted by Gasteiger charge is -2.16. The number of aliphatic carboxylic acids is 3. The van der Waals surface area contributed by atoms with Crippen molar-refractivity contribution in [2.24, 2.45) is 0 Å². The minimum absolute atomic E-state index is 0.00177. The number of rotatable bonds is 21. The van der Waals surface area contributed by atoms with Crippen LogP contribution in [0.4, 0.5) is 0 Å². The molecular formula is C22H34O12. The number of ether oxygens (including phenoxy) is 3. The average molecular weight is 491 g/mol. The van der Waals surface area contributed by atoms with Gasteiger partial charge in [-0.1, -0.05) is 0 Å². The number of esters is 3. The lowest BCUT2D eigenvalue weighted by atomic mass is 10.2. The van der Waals surface area contributed by atoms with Gasteiger partial charge in [-0.2, -0.15) is 0 Å². The fourth-order valence-electron chi connectivity index (χ4n) is 2.71. The van der Waals surface area contributed by atoms with E-state index in [2.05, 4.69) is 0 Å². The molecule has 34 heavy (non-hydrogen) atoms. The lowest BCUT2D eigenvalue weighted by molar-refractivity contribution is -0.172. The Kier molecular flexibility index (Phi) is 17.5. The summed E-state index contributed by atoms with van der Waals surface area (Å²) in [5.41, 5.74) is 0. The summed E-state index contributed by atoms with van der Waals surface area (Å²) >= 11 is 0. The van der Waals surface area contributed by atoms with Crippen LogP contribution in [0.2, 0.25) is 0 Å². The SMILES string of the molecule is O=C(O)CCCCCOC(=O)CC(OC(=O)CCCCC(=O)O)C(=O)OCCCCCC(=O)O. The number of unbranched alkanes of at least 4 members (excludes halogenated alkanes) is 5. The van der Waals surface area contributed by atoms with Crippen molar-refractivity contribution < 1.29 is 58.3 Å². The second-order valence-electron chi connectivity index (χ2n) is 7.58. The van der Waals surface area contributed by atoms with Gasteiger partial charge in [-0.3, -0.25) is 24.0 Å². The van der Waals surface area contributed by atoms with Crippen molar-refractivity contribution >= 4 is 35.8 Å². The standard InChI is InChI=1S/C22H34O12/c23-17(24)9-3-1-7-13-32-21(30)15-16(34-20(29)12-6-5-11-19(27)28)22(31)33-14-8-2-4-10-18(25)26/h16H,1-15H2,(H,23,24)(H,25,26)(H,27,28). The van der Waals surface area contributed by atoms with Gasteiger partial charge in [0, 0.05) is 25.7 Å². The normalized spacial score (nSPS) is 11.3. The first-order valence-corrected chi connectivity index (χ1v) is 11.3. The van der Waals surface area contributed by atoms with Gasteiger partial charge in [0.25, 0.3) is 0 Å². The molecule has 3 N–H and O–H groups in total. The van der Waals surface area contributed by atoms with Crippen molar-refractivity contribution in [2.45, 2.75) is 89.6 Å². The largest absolute Gasteiger partial charge is 0.481 e. The molecule has 0 spiro atoms. The molecule has 0 aliphatic carbocycles. The number of carbonyl (C=O) groups excluding carboxylic acids is 3. The van der Waals surface area contributed by atoms with Crippen LogP contribution in [0.1, 0.15) is 83.5 Å². The Hall–Kier alpha value is -3.18. The molecule has 12 heteroatoms. The molecule has 0 radical (unpaired) electrons. The Labute approximate surface area is 197 Å². The van der Waals surface area contributed by atoms with E-state index < -0.39 is 48.3 Å². The molecule has 0 aliphatic heterocycles. The molecule has 1 atom stereocenters. The predicted octanol–water partition coefficient (Wildman–Crippen LogP) is 2.31. The van der Waals surface area contributed by atoms with Gasteiger partial charge in [-0.15, -0.1) is 0 Å². The fourth-order valence-corrected chi connectivity index (χ4v) is 2.71. The van der Waals surface area contributed by atoms with Crippen molar-refractivity contribution in [1.82, 2.24) is 0 Å². The highest BCUT2D eigenvalue weighted by atomic mass is 16.6. The van der Waals surface area contributed by atoms with Crippen molar-refractivity contribution in [3.63, 3.8) is 0 Å². The van der Waals surface area contributed by atoms with E-state index >= 15 is 0 Å². The minimum Gasteiger partial charge on any atom is -0.481 e. The van der Waals surface area contributed by atoms with Crippen LogP contribution in [0, 0.1) is 0 Å². The third-order valence-electron chi connectivity index (χ3n) is 4.49. The molecule has 0 fully saturated rings. The van der Waals surface area contributed by atoms with Gasteiger partial charge >= 0.3 is 35.8 Å². The van der Waals surface area contributed by atoms with Crippen LogP contribution in [0.25, 0.3) is 0 Å². The van der Waals surface area contributed by atoms with Crippen LogP contribution in [-0.2, 0) is 43.0 Å². The van der Waals surface area contributed by atoms with E-state index in [1.807, 2.05) is 0 Å². The Bertz CT molecular complexity index is 673. The lowest BCUT2D eigenvalue weighted by Crippen LogP contribution is -2.32.